The van der Waals surface area contributed by atoms with Crippen LogP contribution >= 0.6 is 0 Å². The van der Waals surface area contributed by atoms with Crippen LogP contribution in [0.4, 0.5) is 0 Å². The molecule has 1 atom stereocenters. The van der Waals surface area contributed by atoms with E-state index in [1.807, 2.05) is 6.07 Å². The van der Waals surface area contributed by atoms with Crippen molar-refractivity contribution in [2.75, 3.05) is 13.1 Å². The van der Waals surface area contributed by atoms with E-state index in [1.54, 1.807) is 31.2 Å². The predicted molar refractivity (Wildman–Crippen MR) is 66.4 cm³/mol. The Balaban J connectivity index is 2.90. The highest BCUT2D eigenvalue weighted by Gasteiger charge is 2.20. The molecule has 0 amide bonds. The number of carbonyl (C=O) groups is 2. The standard InChI is InChI=1S/C13H14N2O4/c1-9(11-4-2-10(6-14)3-5-11)15(7-12(16)17)8-13(18)19/h2-5,9H,7-8H2,1H3,(H,16,17)(H,18,19). The molecule has 19 heavy (non-hydrogen) atoms. The molecule has 0 saturated heterocycles. The molecule has 0 fully saturated rings. The zero-order valence-corrected chi connectivity index (χ0v) is 10.4. The number of carboxylic acid groups (broad SMARTS) is 2. The van der Waals surface area contributed by atoms with Crippen LogP contribution in [0.1, 0.15) is 24.1 Å². The lowest BCUT2D eigenvalue weighted by atomic mass is 10.0. The summed E-state index contributed by atoms with van der Waals surface area (Å²) in [5, 5.41) is 26.3. The highest BCUT2D eigenvalue weighted by Crippen LogP contribution is 2.20. The van der Waals surface area contributed by atoms with Gasteiger partial charge in [-0.3, -0.25) is 14.5 Å². The van der Waals surface area contributed by atoms with Crippen molar-refractivity contribution in [1.82, 2.24) is 4.90 Å². The zero-order chi connectivity index (χ0) is 14.4. The third-order valence-electron chi connectivity index (χ3n) is 2.75. The molecule has 0 radical (unpaired) electrons. The molecule has 1 rings (SSSR count). The molecule has 6 nitrogen and oxygen atoms in total. The summed E-state index contributed by atoms with van der Waals surface area (Å²) < 4.78 is 0. The van der Waals surface area contributed by atoms with Crippen molar-refractivity contribution < 1.29 is 19.8 Å². The van der Waals surface area contributed by atoms with Gasteiger partial charge >= 0.3 is 11.9 Å². The summed E-state index contributed by atoms with van der Waals surface area (Å²) in [6.07, 6.45) is 0. The number of nitrogens with zero attached hydrogens (tertiary/aromatic N) is 2. The fourth-order valence-electron chi connectivity index (χ4n) is 1.72. The number of hydrogen-bond donors (Lipinski definition) is 2. The van der Waals surface area contributed by atoms with Gasteiger partial charge in [-0.25, -0.2) is 0 Å². The molecule has 0 aliphatic carbocycles. The molecule has 0 saturated carbocycles. The second-order valence-electron chi connectivity index (χ2n) is 4.10. The van der Waals surface area contributed by atoms with E-state index in [0.29, 0.717) is 5.56 Å². The van der Waals surface area contributed by atoms with Crippen LogP contribution in [0.25, 0.3) is 0 Å². The molecule has 0 aliphatic rings. The van der Waals surface area contributed by atoms with E-state index in [2.05, 4.69) is 0 Å². The quantitative estimate of drug-likeness (QED) is 0.795. The van der Waals surface area contributed by atoms with Crippen molar-refractivity contribution in [3.63, 3.8) is 0 Å². The summed E-state index contributed by atoms with van der Waals surface area (Å²) in [5.74, 6) is -2.16. The molecule has 0 bridgehead atoms. The number of nitriles is 1. The SMILES string of the molecule is CC(c1ccc(C#N)cc1)N(CC(=O)O)CC(=O)O. The van der Waals surface area contributed by atoms with E-state index in [1.165, 1.54) is 4.90 Å². The molecule has 0 aliphatic heterocycles. The first-order chi connectivity index (χ1) is 8.93. The second-order valence-corrected chi connectivity index (χ2v) is 4.10. The summed E-state index contributed by atoms with van der Waals surface area (Å²) in [7, 11) is 0. The summed E-state index contributed by atoms with van der Waals surface area (Å²) >= 11 is 0. The van der Waals surface area contributed by atoms with Gasteiger partial charge in [-0.05, 0) is 24.6 Å². The molecular formula is C13H14N2O4. The van der Waals surface area contributed by atoms with E-state index in [9.17, 15) is 9.59 Å². The van der Waals surface area contributed by atoms with Gasteiger partial charge in [-0.15, -0.1) is 0 Å². The van der Waals surface area contributed by atoms with Crippen molar-refractivity contribution in [2.24, 2.45) is 0 Å². The van der Waals surface area contributed by atoms with Crippen molar-refractivity contribution in [2.45, 2.75) is 13.0 Å². The highest BCUT2D eigenvalue weighted by molar-refractivity contribution is 5.72. The third-order valence-corrected chi connectivity index (χ3v) is 2.75. The minimum absolute atomic E-state index is 0.354. The van der Waals surface area contributed by atoms with Gasteiger partial charge < -0.3 is 10.2 Å². The van der Waals surface area contributed by atoms with Gasteiger partial charge in [0.05, 0.1) is 24.7 Å². The Labute approximate surface area is 110 Å². The first kappa shape index (κ1) is 14.7. The van der Waals surface area contributed by atoms with Crippen LogP contribution in [0, 0.1) is 11.3 Å². The van der Waals surface area contributed by atoms with Gasteiger partial charge in [0.2, 0.25) is 0 Å². The molecule has 1 aromatic rings. The topological polar surface area (TPSA) is 102 Å². The summed E-state index contributed by atoms with van der Waals surface area (Å²) in [5.41, 5.74) is 1.26. The maximum Gasteiger partial charge on any atom is 0.317 e. The summed E-state index contributed by atoms with van der Waals surface area (Å²) in [6, 6.07) is 8.25. The third kappa shape index (κ3) is 4.41. The molecule has 1 aromatic carbocycles. The largest absolute Gasteiger partial charge is 0.480 e. The molecule has 0 spiro atoms. The Hall–Kier alpha value is -2.39. The maximum atomic E-state index is 10.7. The number of aliphatic carboxylic acids is 2. The van der Waals surface area contributed by atoms with Gasteiger partial charge in [-0.1, -0.05) is 12.1 Å². The monoisotopic (exact) mass is 262 g/mol. The Morgan fingerprint density at radius 2 is 1.68 bits per heavy atom. The van der Waals surface area contributed by atoms with Crippen LogP contribution in [-0.4, -0.2) is 40.1 Å². The minimum Gasteiger partial charge on any atom is -0.480 e. The van der Waals surface area contributed by atoms with E-state index in [0.717, 1.165) is 5.56 Å². The lowest BCUT2D eigenvalue weighted by molar-refractivity contribution is -0.142. The maximum absolute atomic E-state index is 10.7. The van der Waals surface area contributed by atoms with Crippen molar-refractivity contribution in [1.29, 1.82) is 5.26 Å². The van der Waals surface area contributed by atoms with Crippen molar-refractivity contribution in [3.8, 4) is 6.07 Å². The molecule has 6 heteroatoms. The average Bonchev–Trinajstić information content (AvgIpc) is 2.36. The fraction of sp³-hybridized carbons (Fsp3) is 0.308. The summed E-state index contributed by atoms with van der Waals surface area (Å²) in [6.45, 7) is 1.02. The van der Waals surface area contributed by atoms with Crippen molar-refractivity contribution in [3.05, 3.63) is 35.4 Å². The van der Waals surface area contributed by atoms with Crippen molar-refractivity contribution >= 4 is 11.9 Å². The fourth-order valence-corrected chi connectivity index (χ4v) is 1.72. The molecule has 0 heterocycles. The zero-order valence-electron chi connectivity index (χ0n) is 10.4. The normalized spacial score (nSPS) is 11.8. The van der Waals surface area contributed by atoms with Crippen LogP contribution in [-0.2, 0) is 9.59 Å². The number of rotatable bonds is 6. The van der Waals surface area contributed by atoms with Gasteiger partial charge in [0.1, 0.15) is 0 Å². The first-order valence-electron chi connectivity index (χ1n) is 5.61. The Kier molecular flexibility index (Phi) is 5.03. The predicted octanol–water partition coefficient (Wildman–Crippen LogP) is 1.09. The van der Waals surface area contributed by atoms with Gasteiger partial charge in [0.25, 0.3) is 0 Å². The lowest BCUT2D eigenvalue weighted by Crippen LogP contribution is -2.36. The highest BCUT2D eigenvalue weighted by atomic mass is 16.4. The van der Waals surface area contributed by atoms with Crippen LogP contribution < -0.4 is 0 Å². The van der Waals surface area contributed by atoms with Gasteiger partial charge in [0, 0.05) is 6.04 Å². The van der Waals surface area contributed by atoms with E-state index in [4.69, 9.17) is 15.5 Å². The molecule has 0 aromatic heterocycles. The number of benzene rings is 1. The Morgan fingerprint density at radius 3 is 2.05 bits per heavy atom. The smallest absolute Gasteiger partial charge is 0.317 e. The van der Waals surface area contributed by atoms with E-state index < -0.39 is 11.9 Å². The van der Waals surface area contributed by atoms with Crippen LogP contribution in [0.3, 0.4) is 0 Å². The van der Waals surface area contributed by atoms with Gasteiger partial charge in [0.15, 0.2) is 0 Å². The van der Waals surface area contributed by atoms with Crippen LogP contribution in [0.5, 0.6) is 0 Å². The molecule has 1 unspecified atom stereocenters. The number of carboxylic acids is 2. The van der Waals surface area contributed by atoms with Crippen LogP contribution in [0.2, 0.25) is 0 Å². The second kappa shape index (κ2) is 6.52. The lowest BCUT2D eigenvalue weighted by Gasteiger charge is -2.26. The van der Waals surface area contributed by atoms with E-state index in [-0.39, 0.29) is 19.1 Å². The van der Waals surface area contributed by atoms with Crippen LogP contribution in [0.15, 0.2) is 24.3 Å². The number of hydrogen-bond acceptors (Lipinski definition) is 4. The molecule has 100 valence electrons. The molecule has 2 N–H and O–H groups in total. The Bertz CT molecular complexity index is 488. The van der Waals surface area contributed by atoms with E-state index >= 15 is 0 Å². The summed E-state index contributed by atoms with van der Waals surface area (Å²) in [4.78, 5) is 22.8. The average molecular weight is 262 g/mol. The van der Waals surface area contributed by atoms with Gasteiger partial charge in [-0.2, -0.15) is 5.26 Å². The molecular weight excluding hydrogens is 248 g/mol. The first-order valence-corrected chi connectivity index (χ1v) is 5.61. The Morgan fingerprint density at radius 1 is 1.21 bits per heavy atom. The minimum atomic E-state index is -1.08.